The zero-order valence-corrected chi connectivity index (χ0v) is 12.8. The molecule has 2 aromatic rings. The van der Waals surface area contributed by atoms with E-state index >= 15 is 0 Å². The van der Waals surface area contributed by atoms with Gasteiger partial charge in [-0.25, -0.2) is 4.79 Å². The van der Waals surface area contributed by atoms with Gasteiger partial charge in [0.25, 0.3) is 0 Å². The molecule has 22 heavy (non-hydrogen) atoms. The molecule has 0 atom stereocenters. The Hall–Kier alpha value is -2.75. The molecular weight excluding hydrogens is 280 g/mol. The first-order valence-corrected chi connectivity index (χ1v) is 6.87. The van der Waals surface area contributed by atoms with E-state index in [9.17, 15) is 15.0 Å². The average Bonchev–Trinajstić information content (AvgIpc) is 2.45. The van der Waals surface area contributed by atoms with Crippen molar-refractivity contribution < 1.29 is 19.7 Å². The highest BCUT2D eigenvalue weighted by atomic mass is 16.5. The minimum Gasteiger partial charge on any atom is -0.504 e. The summed E-state index contributed by atoms with van der Waals surface area (Å²) in [5.41, 5.74) is 3.95. The lowest BCUT2D eigenvalue weighted by atomic mass is 10.0. The van der Waals surface area contributed by atoms with Gasteiger partial charge in [-0.05, 0) is 61.2 Å². The molecule has 4 nitrogen and oxygen atoms in total. The number of phenolic OH excluding ortho intramolecular Hbond substituents is 1. The van der Waals surface area contributed by atoms with Crippen LogP contribution in [0.2, 0.25) is 0 Å². The molecule has 0 spiro atoms. The largest absolute Gasteiger partial charge is 0.504 e. The summed E-state index contributed by atoms with van der Waals surface area (Å²) in [6, 6.07) is 10.2. The number of carboxylic acid groups (broad SMARTS) is 1. The lowest BCUT2D eigenvalue weighted by molar-refractivity contribution is -0.134. The molecule has 0 aliphatic carbocycles. The monoisotopic (exact) mass is 298 g/mol. The van der Waals surface area contributed by atoms with Gasteiger partial charge in [0.15, 0.2) is 11.5 Å². The molecule has 0 saturated heterocycles. The van der Waals surface area contributed by atoms with Gasteiger partial charge < -0.3 is 14.9 Å². The van der Waals surface area contributed by atoms with Gasteiger partial charge in [-0.1, -0.05) is 24.3 Å². The molecular formula is C18H18O4. The number of aliphatic carboxylic acids is 1. The van der Waals surface area contributed by atoms with E-state index in [1.807, 2.05) is 32.9 Å². The number of ether oxygens (including phenoxy) is 1. The predicted octanol–water partition coefficient (Wildman–Crippen LogP) is 3.82. The highest BCUT2D eigenvalue weighted by Crippen LogP contribution is 2.27. The zero-order chi connectivity index (χ0) is 16.3. The molecule has 114 valence electrons. The maximum atomic E-state index is 11.4. The highest BCUT2D eigenvalue weighted by Gasteiger charge is 2.13. The van der Waals surface area contributed by atoms with E-state index in [2.05, 4.69) is 0 Å². The Bertz CT molecular complexity index is 745. The molecule has 0 saturated carbocycles. The zero-order valence-electron chi connectivity index (χ0n) is 12.8. The molecule has 0 radical (unpaired) electrons. The van der Waals surface area contributed by atoms with Gasteiger partial charge in [-0.15, -0.1) is 0 Å². The maximum absolute atomic E-state index is 11.4. The van der Waals surface area contributed by atoms with E-state index < -0.39 is 5.97 Å². The SMILES string of the molecule is Cc1cc(C)c(C=C(Oc2ccccc2O)C(=O)O)cc1C. The molecule has 2 N–H and O–H groups in total. The number of benzene rings is 2. The molecule has 0 aliphatic heterocycles. The lowest BCUT2D eigenvalue weighted by Gasteiger charge is -2.10. The summed E-state index contributed by atoms with van der Waals surface area (Å²) in [5.74, 6) is -1.43. The predicted molar refractivity (Wildman–Crippen MR) is 85.0 cm³/mol. The third-order valence-corrected chi connectivity index (χ3v) is 3.46. The molecule has 0 aliphatic rings. The molecule has 2 rings (SSSR count). The average molecular weight is 298 g/mol. The first kappa shape index (κ1) is 15.6. The van der Waals surface area contributed by atoms with Crippen LogP contribution in [0.25, 0.3) is 6.08 Å². The number of aromatic hydroxyl groups is 1. The van der Waals surface area contributed by atoms with E-state index in [1.165, 1.54) is 18.2 Å². The summed E-state index contributed by atoms with van der Waals surface area (Å²) in [6.45, 7) is 5.89. The van der Waals surface area contributed by atoms with Gasteiger partial charge in [-0.3, -0.25) is 0 Å². The quantitative estimate of drug-likeness (QED) is 0.665. The Morgan fingerprint density at radius 1 is 1.05 bits per heavy atom. The smallest absolute Gasteiger partial charge is 0.371 e. The van der Waals surface area contributed by atoms with Crippen molar-refractivity contribution in [3.63, 3.8) is 0 Å². The van der Waals surface area contributed by atoms with Crippen LogP contribution < -0.4 is 4.74 Å². The van der Waals surface area contributed by atoms with Crippen molar-refractivity contribution >= 4 is 12.0 Å². The topological polar surface area (TPSA) is 66.8 Å². The van der Waals surface area contributed by atoms with Crippen LogP contribution in [0.5, 0.6) is 11.5 Å². The van der Waals surface area contributed by atoms with E-state index in [0.29, 0.717) is 0 Å². The number of carboxylic acids is 1. The first-order valence-electron chi connectivity index (χ1n) is 6.87. The number of phenols is 1. The van der Waals surface area contributed by atoms with Gasteiger partial charge in [-0.2, -0.15) is 0 Å². The number of aryl methyl sites for hydroxylation is 3. The Morgan fingerprint density at radius 2 is 1.68 bits per heavy atom. The summed E-state index contributed by atoms with van der Waals surface area (Å²) >= 11 is 0. The first-order chi connectivity index (χ1) is 10.4. The van der Waals surface area contributed by atoms with Crippen LogP contribution in [0, 0.1) is 20.8 Å². The van der Waals surface area contributed by atoms with Crippen LogP contribution in [-0.2, 0) is 4.79 Å². The molecule has 0 unspecified atom stereocenters. The van der Waals surface area contributed by atoms with Gasteiger partial charge in [0, 0.05) is 0 Å². The number of rotatable bonds is 4. The normalized spacial score (nSPS) is 11.3. The maximum Gasteiger partial charge on any atom is 0.371 e. The second-order valence-corrected chi connectivity index (χ2v) is 5.18. The fourth-order valence-electron chi connectivity index (χ4n) is 2.08. The van der Waals surface area contributed by atoms with Crippen LogP contribution in [-0.4, -0.2) is 16.2 Å². The standard InChI is InChI=1S/C18H18O4/c1-11-8-13(3)14(9-12(11)2)10-17(18(20)21)22-16-7-5-4-6-15(16)19/h4-10,19H,1-3H3,(H,20,21). The lowest BCUT2D eigenvalue weighted by Crippen LogP contribution is -2.08. The number of para-hydroxylation sites is 2. The summed E-state index contributed by atoms with van der Waals surface area (Å²) in [4.78, 5) is 11.4. The van der Waals surface area contributed by atoms with Gasteiger partial charge in [0.05, 0.1) is 0 Å². The van der Waals surface area contributed by atoms with E-state index in [1.54, 1.807) is 12.1 Å². The summed E-state index contributed by atoms with van der Waals surface area (Å²) in [7, 11) is 0. The third-order valence-electron chi connectivity index (χ3n) is 3.46. The van der Waals surface area contributed by atoms with Crippen molar-refractivity contribution in [2.24, 2.45) is 0 Å². The molecule has 0 amide bonds. The molecule has 0 fully saturated rings. The highest BCUT2D eigenvalue weighted by molar-refractivity contribution is 5.90. The van der Waals surface area contributed by atoms with Crippen molar-refractivity contribution in [2.45, 2.75) is 20.8 Å². The van der Waals surface area contributed by atoms with Crippen molar-refractivity contribution in [1.82, 2.24) is 0 Å². The Labute approximate surface area is 129 Å². The van der Waals surface area contributed by atoms with Gasteiger partial charge in [0.1, 0.15) is 0 Å². The number of carbonyl (C=O) groups is 1. The van der Waals surface area contributed by atoms with Crippen molar-refractivity contribution in [2.75, 3.05) is 0 Å². The Balaban J connectivity index is 2.42. The molecule has 2 aromatic carbocycles. The molecule has 0 aromatic heterocycles. The van der Waals surface area contributed by atoms with Crippen LogP contribution in [0.4, 0.5) is 0 Å². The van der Waals surface area contributed by atoms with E-state index in [0.717, 1.165) is 22.3 Å². The summed E-state index contributed by atoms with van der Waals surface area (Å²) in [6.07, 6.45) is 1.47. The van der Waals surface area contributed by atoms with Crippen LogP contribution in [0.1, 0.15) is 22.3 Å². The minimum atomic E-state index is -1.19. The fourth-order valence-corrected chi connectivity index (χ4v) is 2.08. The third kappa shape index (κ3) is 3.47. The molecule has 0 bridgehead atoms. The van der Waals surface area contributed by atoms with Gasteiger partial charge >= 0.3 is 5.97 Å². The van der Waals surface area contributed by atoms with E-state index in [-0.39, 0.29) is 17.3 Å². The fraction of sp³-hybridized carbons (Fsp3) is 0.167. The second-order valence-electron chi connectivity index (χ2n) is 5.18. The van der Waals surface area contributed by atoms with Crippen molar-refractivity contribution in [3.05, 3.63) is 64.4 Å². The van der Waals surface area contributed by atoms with Gasteiger partial charge in [0.2, 0.25) is 5.76 Å². The van der Waals surface area contributed by atoms with Crippen LogP contribution >= 0.6 is 0 Å². The Morgan fingerprint density at radius 3 is 2.32 bits per heavy atom. The van der Waals surface area contributed by atoms with Crippen molar-refractivity contribution in [3.8, 4) is 11.5 Å². The summed E-state index contributed by atoms with van der Waals surface area (Å²) < 4.78 is 5.35. The molecule has 0 heterocycles. The van der Waals surface area contributed by atoms with Crippen LogP contribution in [0.15, 0.2) is 42.2 Å². The van der Waals surface area contributed by atoms with Crippen molar-refractivity contribution in [1.29, 1.82) is 0 Å². The number of hydrogen-bond acceptors (Lipinski definition) is 3. The van der Waals surface area contributed by atoms with E-state index in [4.69, 9.17) is 4.74 Å². The second kappa shape index (κ2) is 6.35. The van der Waals surface area contributed by atoms with Crippen LogP contribution in [0.3, 0.4) is 0 Å². The Kier molecular flexibility index (Phi) is 4.51. The number of hydrogen-bond donors (Lipinski definition) is 2. The molecule has 4 heteroatoms. The minimum absolute atomic E-state index is 0.105. The summed E-state index contributed by atoms with van der Waals surface area (Å²) in [5, 5.41) is 19.0.